The Labute approximate surface area is 103 Å². The van der Waals surface area contributed by atoms with Crippen molar-refractivity contribution in [2.45, 2.75) is 6.54 Å². The summed E-state index contributed by atoms with van der Waals surface area (Å²) in [7, 11) is 0. The molecular weight excluding hydrogens is 238 g/mol. The van der Waals surface area contributed by atoms with Crippen LogP contribution in [0, 0.1) is 11.5 Å². The largest absolute Gasteiger partial charge is 0.312 e. The fourth-order valence-corrected chi connectivity index (χ4v) is 1.46. The third-order valence-corrected chi connectivity index (χ3v) is 2.31. The first-order chi connectivity index (χ1) is 8.29. The van der Waals surface area contributed by atoms with Gasteiger partial charge in [0.15, 0.2) is 0 Å². The van der Waals surface area contributed by atoms with Crippen molar-refractivity contribution in [1.82, 2.24) is 14.5 Å². The molecule has 0 aliphatic heterocycles. The summed E-state index contributed by atoms with van der Waals surface area (Å²) in [4.78, 5) is 11.6. The summed E-state index contributed by atoms with van der Waals surface area (Å²) in [5.74, 6) is 0. The summed E-state index contributed by atoms with van der Waals surface area (Å²) in [5.41, 5.74) is 1.33. The molecule has 2 aromatic rings. The molecule has 6 heteroatoms. The van der Waals surface area contributed by atoms with E-state index in [1.807, 2.05) is 6.07 Å². The number of aromatic nitrogens is 3. The minimum Gasteiger partial charge on any atom is -0.312 e. The van der Waals surface area contributed by atoms with Gasteiger partial charge in [-0.15, -0.1) is 4.99 Å². The zero-order valence-corrected chi connectivity index (χ0v) is 9.54. The monoisotopic (exact) mass is 245 g/mol. The van der Waals surface area contributed by atoms with Crippen molar-refractivity contribution in [1.29, 1.82) is 5.26 Å². The Kier molecular flexibility index (Phi) is 3.48. The van der Waals surface area contributed by atoms with Crippen LogP contribution in [0.4, 0.5) is 0 Å². The quantitative estimate of drug-likeness (QED) is 0.593. The van der Waals surface area contributed by atoms with Crippen LogP contribution in [-0.4, -0.2) is 14.5 Å². The average Bonchev–Trinajstić information content (AvgIpc) is 2.35. The highest BCUT2D eigenvalue weighted by Crippen LogP contribution is 2.05. The Morgan fingerprint density at radius 3 is 3.00 bits per heavy atom. The molecule has 84 valence electrons. The minimum absolute atomic E-state index is 0.366. The van der Waals surface area contributed by atoms with Gasteiger partial charge in [0.25, 0.3) is 0 Å². The molecule has 0 aliphatic rings. The van der Waals surface area contributed by atoms with Gasteiger partial charge in [0.2, 0.25) is 11.8 Å². The van der Waals surface area contributed by atoms with Crippen LogP contribution in [0.2, 0.25) is 5.15 Å². The number of hydrogen-bond acceptors (Lipinski definition) is 4. The van der Waals surface area contributed by atoms with Crippen molar-refractivity contribution < 1.29 is 0 Å². The van der Waals surface area contributed by atoms with Gasteiger partial charge in [-0.2, -0.15) is 5.26 Å². The van der Waals surface area contributed by atoms with Crippen molar-refractivity contribution in [3.8, 4) is 6.19 Å². The molecule has 2 aromatic heterocycles. The number of halogens is 1. The summed E-state index contributed by atoms with van der Waals surface area (Å²) in [6.07, 6.45) is 6.80. The Bertz CT molecular complexity index is 609. The Morgan fingerprint density at radius 2 is 2.29 bits per heavy atom. The second kappa shape index (κ2) is 5.23. The maximum Gasteiger partial charge on any atom is 0.240 e. The molecule has 2 rings (SSSR count). The summed E-state index contributed by atoms with van der Waals surface area (Å²) in [6, 6.07) is 5.36. The lowest BCUT2D eigenvalue weighted by molar-refractivity contribution is 0.706. The topological polar surface area (TPSA) is 66.9 Å². The Hall–Kier alpha value is -2.19. The molecule has 17 heavy (non-hydrogen) atoms. The molecule has 0 fully saturated rings. The highest BCUT2D eigenvalue weighted by Gasteiger charge is 1.97. The van der Waals surface area contributed by atoms with Crippen molar-refractivity contribution in [2.75, 3.05) is 0 Å². The molecule has 0 atom stereocenters. The predicted molar refractivity (Wildman–Crippen MR) is 61.8 cm³/mol. The van der Waals surface area contributed by atoms with E-state index in [4.69, 9.17) is 16.9 Å². The molecule has 0 saturated heterocycles. The molecular formula is C11H8ClN5. The fourth-order valence-electron chi connectivity index (χ4n) is 1.35. The van der Waals surface area contributed by atoms with Crippen LogP contribution in [0.3, 0.4) is 0 Å². The molecule has 0 aliphatic carbocycles. The standard InChI is InChI=1S/C11H8ClN5/c12-10-3-2-9(6-15-10)7-17-5-1-4-14-11(17)16-8-13/h1-6H,7H2/b16-11-. The van der Waals surface area contributed by atoms with Crippen LogP contribution >= 0.6 is 11.6 Å². The zero-order chi connectivity index (χ0) is 12.1. The summed E-state index contributed by atoms with van der Waals surface area (Å²) in [5, 5.41) is 9.00. The van der Waals surface area contributed by atoms with Crippen molar-refractivity contribution in [3.05, 3.63) is 53.1 Å². The second-order valence-corrected chi connectivity index (χ2v) is 3.64. The molecule has 0 spiro atoms. The Balaban J connectivity index is 2.34. The van der Waals surface area contributed by atoms with Gasteiger partial charge in [-0.05, 0) is 17.7 Å². The molecule has 0 N–H and O–H groups in total. The number of rotatable bonds is 2. The molecule has 0 bridgehead atoms. The summed E-state index contributed by atoms with van der Waals surface area (Å²) >= 11 is 5.70. The molecule has 0 aromatic carbocycles. The highest BCUT2D eigenvalue weighted by atomic mass is 35.5. The SMILES string of the molecule is N#C/N=c1/ncccn1Cc1ccc(Cl)nc1. The molecule has 0 unspecified atom stereocenters. The van der Waals surface area contributed by atoms with E-state index in [9.17, 15) is 0 Å². The number of nitriles is 1. The zero-order valence-electron chi connectivity index (χ0n) is 8.79. The normalized spacial score (nSPS) is 11.2. The lowest BCUT2D eigenvalue weighted by Gasteiger charge is -2.05. The van der Waals surface area contributed by atoms with E-state index in [0.29, 0.717) is 17.3 Å². The number of nitrogens with zero attached hydrogens (tertiary/aromatic N) is 5. The van der Waals surface area contributed by atoms with Crippen molar-refractivity contribution >= 4 is 11.6 Å². The fraction of sp³-hybridized carbons (Fsp3) is 0.0909. The molecule has 0 amide bonds. The molecule has 0 radical (unpaired) electrons. The maximum atomic E-state index is 8.55. The lowest BCUT2D eigenvalue weighted by Crippen LogP contribution is -2.23. The highest BCUT2D eigenvalue weighted by molar-refractivity contribution is 6.29. The van der Waals surface area contributed by atoms with Crippen LogP contribution in [-0.2, 0) is 6.54 Å². The third-order valence-electron chi connectivity index (χ3n) is 2.09. The van der Waals surface area contributed by atoms with Gasteiger partial charge in [-0.3, -0.25) is 0 Å². The van der Waals surface area contributed by atoms with Gasteiger partial charge in [0.1, 0.15) is 5.15 Å². The first kappa shape index (κ1) is 11.3. The maximum absolute atomic E-state index is 8.55. The molecule has 2 heterocycles. The smallest absolute Gasteiger partial charge is 0.240 e. The van der Waals surface area contributed by atoms with E-state index in [-0.39, 0.29) is 0 Å². The first-order valence-electron chi connectivity index (χ1n) is 4.84. The van der Waals surface area contributed by atoms with E-state index < -0.39 is 0 Å². The van der Waals surface area contributed by atoms with Gasteiger partial charge >= 0.3 is 0 Å². The first-order valence-corrected chi connectivity index (χ1v) is 5.22. The van der Waals surface area contributed by atoms with Crippen LogP contribution < -0.4 is 5.62 Å². The average molecular weight is 246 g/mol. The number of pyridine rings is 1. The van der Waals surface area contributed by atoms with Crippen LogP contribution in [0.5, 0.6) is 0 Å². The van der Waals surface area contributed by atoms with Crippen LogP contribution in [0.1, 0.15) is 5.56 Å². The van der Waals surface area contributed by atoms with E-state index in [1.165, 1.54) is 0 Å². The van der Waals surface area contributed by atoms with Gasteiger partial charge in [0.05, 0.1) is 6.54 Å². The van der Waals surface area contributed by atoms with Gasteiger partial charge in [-0.1, -0.05) is 17.7 Å². The molecule has 5 nitrogen and oxygen atoms in total. The number of hydrogen-bond donors (Lipinski definition) is 0. The minimum atomic E-state index is 0.366. The van der Waals surface area contributed by atoms with E-state index in [1.54, 1.807) is 41.5 Å². The van der Waals surface area contributed by atoms with E-state index >= 15 is 0 Å². The van der Waals surface area contributed by atoms with Crippen LogP contribution in [0.25, 0.3) is 0 Å². The van der Waals surface area contributed by atoms with Crippen LogP contribution in [0.15, 0.2) is 41.8 Å². The van der Waals surface area contributed by atoms with E-state index in [2.05, 4.69) is 15.0 Å². The van der Waals surface area contributed by atoms with Crippen molar-refractivity contribution in [2.24, 2.45) is 4.99 Å². The third kappa shape index (κ3) is 2.89. The van der Waals surface area contributed by atoms with Gasteiger partial charge < -0.3 is 4.57 Å². The van der Waals surface area contributed by atoms with Crippen molar-refractivity contribution in [3.63, 3.8) is 0 Å². The summed E-state index contributed by atoms with van der Waals surface area (Å²) < 4.78 is 1.76. The predicted octanol–water partition coefficient (Wildman–Crippen LogP) is 1.36. The summed E-state index contributed by atoms with van der Waals surface area (Å²) in [6.45, 7) is 0.540. The molecule has 0 saturated carbocycles. The lowest BCUT2D eigenvalue weighted by atomic mass is 10.3. The van der Waals surface area contributed by atoms with Gasteiger partial charge in [-0.25, -0.2) is 9.97 Å². The Morgan fingerprint density at radius 1 is 1.41 bits per heavy atom. The van der Waals surface area contributed by atoms with E-state index in [0.717, 1.165) is 5.56 Å². The second-order valence-electron chi connectivity index (χ2n) is 3.25. The van der Waals surface area contributed by atoms with Gasteiger partial charge in [0, 0.05) is 18.6 Å².